The smallest absolute Gasteiger partial charge is 0.293 e. The number of nitrogens with zero attached hydrogens (tertiary/aromatic N) is 4. The van der Waals surface area contributed by atoms with Crippen molar-refractivity contribution in [2.45, 2.75) is 57.5 Å². The van der Waals surface area contributed by atoms with E-state index in [9.17, 15) is 28.1 Å². The number of halogens is 2. The number of amides is 2. The van der Waals surface area contributed by atoms with Crippen LogP contribution in [0.2, 0.25) is 5.02 Å². The number of sulfonamides is 1. The molecule has 2 aliphatic rings. The third kappa shape index (κ3) is 10.4. The SMILES string of the molecule is CC(=O)N1CCC(F)(CNc2ccc(S(=O)(=O)NC(=O)c3ccc(N4CCN(CC(C)=C(CC(C)C)c5ccc(Cl)cc5)CC4)cc3)cc2[N+](=O)[O-])CC1. The summed E-state index contributed by atoms with van der Waals surface area (Å²) < 4.78 is 43.7. The summed E-state index contributed by atoms with van der Waals surface area (Å²) in [6.07, 6.45) is 1.10. The minimum absolute atomic E-state index is 0.0619. The van der Waals surface area contributed by atoms with Crippen LogP contribution < -0.4 is 14.9 Å². The molecule has 0 atom stereocenters. The number of anilines is 2. The second-order valence-electron chi connectivity index (χ2n) is 14.6. The summed E-state index contributed by atoms with van der Waals surface area (Å²) in [6, 6.07) is 17.8. The summed E-state index contributed by atoms with van der Waals surface area (Å²) in [5.74, 6) is -0.517. The monoisotopic (exact) mass is 782 g/mol. The van der Waals surface area contributed by atoms with Gasteiger partial charge in [0.25, 0.3) is 21.6 Å². The molecule has 0 saturated carbocycles. The molecule has 0 aromatic heterocycles. The van der Waals surface area contributed by atoms with Gasteiger partial charge in [-0.2, -0.15) is 0 Å². The van der Waals surface area contributed by atoms with E-state index in [1.165, 1.54) is 29.7 Å². The maximum Gasteiger partial charge on any atom is 0.293 e. The van der Waals surface area contributed by atoms with Crippen molar-refractivity contribution in [1.29, 1.82) is 0 Å². The zero-order valence-electron chi connectivity index (χ0n) is 31.1. The molecule has 0 spiro atoms. The van der Waals surface area contributed by atoms with E-state index in [1.54, 1.807) is 29.2 Å². The van der Waals surface area contributed by atoms with Crippen molar-refractivity contribution in [3.05, 3.63) is 98.6 Å². The lowest BCUT2D eigenvalue weighted by molar-refractivity contribution is -0.384. The second-order valence-corrected chi connectivity index (χ2v) is 16.7. The first-order valence-electron chi connectivity index (χ1n) is 18.1. The number of piperidine rings is 1. The molecule has 0 aliphatic carbocycles. The maximum atomic E-state index is 15.4. The van der Waals surface area contributed by atoms with E-state index >= 15 is 4.39 Å². The number of piperazine rings is 1. The number of nitro benzene ring substituents is 1. The highest BCUT2D eigenvalue weighted by molar-refractivity contribution is 7.90. The Hall–Kier alpha value is -4.53. The Kier molecular flexibility index (Phi) is 13.0. The van der Waals surface area contributed by atoms with E-state index in [1.807, 2.05) is 16.9 Å². The molecule has 2 aliphatic heterocycles. The predicted octanol–water partition coefficient (Wildman–Crippen LogP) is 6.77. The summed E-state index contributed by atoms with van der Waals surface area (Å²) in [6.45, 7) is 12.4. The topological polar surface area (TPSA) is 145 Å². The summed E-state index contributed by atoms with van der Waals surface area (Å²) in [4.78, 5) is 41.4. The Morgan fingerprint density at radius 2 is 1.54 bits per heavy atom. The summed E-state index contributed by atoms with van der Waals surface area (Å²) in [5.41, 5.74) is 2.55. The van der Waals surface area contributed by atoms with Crippen molar-refractivity contribution >= 4 is 56.1 Å². The molecular formula is C39H48ClFN6O6S. The van der Waals surface area contributed by atoms with Crippen LogP contribution in [0, 0.1) is 16.0 Å². The van der Waals surface area contributed by atoms with E-state index in [0.717, 1.165) is 57.0 Å². The molecular weight excluding hydrogens is 735 g/mol. The molecule has 15 heteroatoms. The van der Waals surface area contributed by atoms with Crippen LogP contribution in [0.1, 0.15) is 62.9 Å². The molecule has 12 nitrogen and oxygen atoms in total. The van der Waals surface area contributed by atoms with Gasteiger partial charge in [0.15, 0.2) is 0 Å². The van der Waals surface area contributed by atoms with Crippen LogP contribution in [0.3, 0.4) is 0 Å². The molecule has 54 heavy (non-hydrogen) atoms. The minimum atomic E-state index is -4.49. The Morgan fingerprint density at radius 3 is 2.11 bits per heavy atom. The molecule has 3 aromatic rings. The van der Waals surface area contributed by atoms with Crippen LogP contribution >= 0.6 is 11.6 Å². The van der Waals surface area contributed by atoms with Gasteiger partial charge in [-0.15, -0.1) is 0 Å². The van der Waals surface area contributed by atoms with E-state index < -0.39 is 37.1 Å². The van der Waals surface area contributed by atoms with Gasteiger partial charge < -0.3 is 15.1 Å². The fourth-order valence-electron chi connectivity index (χ4n) is 6.89. The lowest BCUT2D eigenvalue weighted by Gasteiger charge is -2.36. The number of nitrogens with one attached hydrogen (secondary N) is 2. The summed E-state index contributed by atoms with van der Waals surface area (Å²) in [7, 11) is -4.49. The molecule has 2 heterocycles. The van der Waals surface area contributed by atoms with Gasteiger partial charge in [-0.1, -0.05) is 43.2 Å². The Labute approximate surface area is 321 Å². The predicted molar refractivity (Wildman–Crippen MR) is 210 cm³/mol. The third-order valence-electron chi connectivity index (χ3n) is 10.1. The zero-order valence-corrected chi connectivity index (χ0v) is 32.7. The number of rotatable bonds is 13. The fourth-order valence-corrected chi connectivity index (χ4v) is 8.01. The molecule has 5 rings (SSSR count). The van der Waals surface area contributed by atoms with Crippen LogP contribution in [0.25, 0.3) is 5.57 Å². The Bertz CT molecular complexity index is 1980. The third-order valence-corrected chi connectivity index (χ3v) is 11.6. The molecule has 2 fully saturated rings. The van der Waals surface area contributed by atoms with Gasteiger partial charge in [0.1, 0.15) is 11.4 Å². The van der Waals surface area contributed by atoms with Gasteiger partial charge in [0, 0.05) is 94.5 Å². The number of hydrogen-bond acceptors (Lipinski definition) is 9. The molecule has 2 N–H and O–H groups in total. The fraction of sp³-hybridized carbons (Fsp3) is 0.436. The largest absolute Gasteiger partial charge is 0.376 e. The van der Waals surface area contributed by atoms with E-state index in [0.29, 0.717) is 10.9 Å². The van der Waals surface area contributed by atoms with Crippen molar-refractivity contribution in [3.63, 3.8) is 0 Å². The van der Waals surface area contributed by atoms with Crippen molar-refractivity contribution in [1.82, 2.24) is 14.5 Å². The highest BCUT2D eigenvalue weighted by atomic mass is 35.5. The molecule has 0 radical (unpaired) electrons. The maximum absolute atomic E-state index is 15.4. The number of nitro groups is 1. The number of alkyl halides is 1. The number of carbonyl (C=O) groups excluding carboxylic acids is 2. The average Bonchev–Trinajstić information content (AvgIpc) is 3.13. The van der Waals surface area contributed by atoms with Crippen LogP contribution in [0.5, 0.6) is 0 Å². The van der Waals surface area contributed by atoms with Gasteiger partial charge in [-0.3, -0.25) is 24.6 Å². The van der Waals surface area contributed by atoms with Gasteiger partial charge in [-0.25, -0.2) is 17.5 Å². The molecule has 0 unspecified atom stereocenters. The van der Waals surface area contributed by atoms with E-state index in [4.69, 9.17) is 11.6 Å². The van der Waals surface area contributed by atoms with E-state index in [-0.39, 0.29) is 49.6 Å². The molecule has 2 amide bonds. The van der Waals surface area contributed by atoms with Gasteiger partial charge >= 0.3 is 0 Å². The number of allylic oxidation sites excluding steroid dienone is 1. The quantitative estimate of drug-likeness (QED) is 0.142. The van der Waals surface area contributed by atoms with Crippen molar-refractivity contribution in [3.8, 4) is 0 Å². The average molecular weight is 783 g/mol. The van der Waals surface area contributed by atoms with Crippen LogP contribution in [0.15, 0.2) is 77.2 Å². The molecule has 0 bridgehead atoms. The normalized spacial score (nSPS) is 16.9. The molecule has 2 saturated heterocycles. The molecule has 290 valence electrons. The standard InChI is InChI=1S/C39H48ClFN6O6S/c1-27(2)23-35(30-5-9-32(40)10-6-30)28(3)25-44-19-21-46(22-20-44)33-11-7-31(8-12-33)38(49)43-54(52,53)34-13-14-36(37(24-34)47(50)51)42-26-39(41)15-17-45(18-16-39)29(4)48/h5-14,24,27,42H,15-23,25-26H2,1-4H3,(H,43,49). The van der Waals surface area contributed by atoms with Crippen LogP contribution in [0.4, 0.5) is 21.5 Å². The first-order valence-corrected chi connectivity index (χ1v) is 20.0. The second kappa shape index (κ2) is 17.3. The van der Waals surface area contributed by atoms with Crippen molar-refractivity contribution < 1.29 is 27.3 Å². The Morgan fingerprint density at radius 1 is 0.926 bits per heavy atom. The number of benzene rings is 3. The Balaban J connectivity index is 1.17. The number of carbonyl (C=O) groups is 2. The minimum Gasteiger partial charge on any atom is -0.376 e. The van der Waals surface area contributed by atoms with Gasteiger partial charge in [-0.05, 0) is 78.9 Å². The zero-order chi connectivity index (χ0) is 39.2. The highest BCUT2D eigenvalue weighted by Gasteiger charge is 2.36. The van der Waals surface area contributed by atoms with Gasteiger partial charge in [0.05, 0.1) is 9.82 Å². The number of hydrogen-bond donors (Lipinski definition) is 2. The highest BCUT2D eigenvalue weighted by Crippen LogP contribution is 2.32. The molecule has 3 aromatic carbocycles. The van der Waals surface area contributed by atoms with Gasteiger partial charge in [0.2, 0.25) is 5.91 Å². The van der Waals surface area contributed by atoms with E-state index in [2.05, 4.69) is 48.0 Å². The van der Waals surface area contributed by atoms with Crippen LogP contribution in [-0.2, 0) is 14.8 Å². The van der Waals surface area contributed by atoms with Crippen molar-refractivity contribution in [2.24, 2.45) is 5.92 Å². The lowest BCUT2D eigenvalue weighted by atomic mass is 9.92. The lowest BCUT2D eigenvalue weighted by Crippen LogP contribution is -2.46. The number of likely N-dealkylation sites (tertiary alicyclic amines) is 1. The first-order chi connectivity index (χ1) is 25.5. The van der Waals surface area contributed by atoms with Crippen LogP contribution in [-0.4, -0.2) is 93.0 Å². The summed E-state index contributed by atoms with van der Waals surface area (Å²) >= 11 is 6.14. The van der Waals surface area contributed by atoms with Crippen molar-refractivity contribution in [2.75, 3.05) is 62.6 Å². The first kappa shape index (κ1) is 40.7. The summed E-state index contributed by atoms with van der Waals surface area (Å²) in [5, 5.41) is 15.3.